The number of fused-ring (bicyclic) bond motifs is 1. The number of carbonyl (C=O) groups excluding carboxylic acids is 1. The van der Waals surface area contributed by atoms with Crippen molar-refractivity contribution in [3.63, 3.8) is 0 Å². The molecule has 1 saturated heterocycles. The summed E-state index contributed by atoms with van der Waals surface area (Å²) < 4.78 is 15.6. The van der Waals surface area contributed by atoms with Gasteiger partial charge in [0.15, 0.2) is 0 Å². The fourth-order valence-electron chi connectivity index (χ4n) is 4.60. The number of esters is 1. The topological polar surface area (TPSA) is 89.2 Å². The number of hydrogen-bond acceptors (Lipinski definition) is 7. The van der Waals surface area contributed by atoms with E-state index in [1.807, 2.05) is 13.0 Å². The molecule has 31 heavy (non-hydrogen) atoms. The highest BCUT2D eigenvalue weighted by atomic mass is 16.6. The van der Waals surface area contributed by atoms with Crippen LogP contribution in [0.25, 0.3) is 11.0 Å². The largest absolute Gasteiger partial charge is 0.507 e. The van der Waals surface area contributed by atoms with Crippen molar-refractivity contribution >= 4 is 16.9 Å². The lowest BCUT2D eigenvalue weighted by Crippen LogP contribution is -2.38. The van der Waals surface area contributed by atoms with Crippen molar-refractivity contribution in [3.8, 4) is 5.75 Å². The van der Waals surface area contributed by atoms with Gasteiger partial charge in [-0.2, -0.15) is 0 Å². The molecule has 0 aliphatic carbocycles. The molecule has 170 valence electrons. The Morgan fingerprint density at radius 1 is 1.23 bits per heavy atom. The van der Waals surface area contributed by atoms with Gasteiger partial charge in [0.05, 0.1) is 12.2 Å². The van der Waals surface area contributed by atoms with Crippen molar-refractivity contribution in [2.45, 2.75) is 46.6 Å². The standard InChI is InChI=1S/C24H33NO6/c1-15-9-16(2)13-25(12-15)14-20-23(28)18(5-6-21(26)30-8-7-29-4)11-19-17(3)10-22(27)31-24(19)20/h10-11,15-16,28H,5-9,12-14H2,1-4H3. The summed E-state index contributed by atoms with van der Waals surface area (Å²) in [5, 5.41) is 11.9. The van der Waals surface area contributed by atoms with Crippen LogP contribution in [0, 0.1) is 18.8 Å². The molecule has 7 nitrogen and oxygen atoms in total. The van der Waals surface area contributed by atoms with E-state index in [4.69, 9.17) is 13.9 Å². The second-order valence-electron chi connectivity index (χ2n) is 8.84. The van der Waals surface area contributed by atoms with Gasteiger partial charge in [0.25, 0.3) is 0 Å². The molecule has 3 rings (SSSR count). The van der Waals surface area contributed by atoms with Crippen LogP contribution in [0.2, 0.25) is 0 Å². The highest BCUT2D eigenvalue weighted by Crippen LogP contribution is 2.35. The van der Waals surface area contributed by atoms with Crippen LogP contribution in [0.4, 0.5) is 0 Å². The first kappa shape index (κ1) is 23.3. The molecule has 1 aromatic heterocycles. The van der Waals surface area contributed by atoms with Gasteiger partial charge in [0.1, 0.15) is 17.9 Å². The monoisotopic (exact) mass is 431 g/mol. The molecule has 0 spiro atoms. The fourth-order valence-corrected chi connectivity index (χ4v) is 4.60. The lowest BCUT2D eigenvalue weighted by Gasteiger charge is -2.35. The van der Waals surface area contributed by atoms with Crippen LogP contribution in [0.5, 0.6) is 5.75 Å². The zero-order valence-electron chi connectivity index (χ0n) is 18.9. The highest BCUT2D eigenvalue weighted by Gasteiger charge is 2.25. The highest BCUT2D eigenvalue weighted by molar-refractivity contribution is 5.86. The molecular weight excluding hydrogens is 398 g/mol. The molecule has 2 atom stereocenters. The quantitative estimate of drug-likeness (QED) is 0.389. The molecule has 2 heterocycles. The molecule has 0 radical (unpaired) electrons. The molecule has 2 aromatic rings. The SMILES string of the molecule is COCCOC(=O)CCc1cc2c(C)cc(=O)oc2c(CN2CC(C)CC(C)C2)c1O. The van der Waals surface area contributed by atoms with Crippen molar-refractivity contribution in [2.75, 3.05) is 33.4 Å². The predicted octanol–water partition coefficient (Wildman–Crippen LogP) is 3.41. The predicted molar refractivity (Wildman–Crippen MR) is 118 cm³/mol. The Kier molecular flexibility index (Phi) is 7.73. The number of carbonyl (C=O) groups is 1. The van der Waals surface area contributed by atoms with Crippen LogP contribution in [0.15, 0.2) is 21.3 Å². The fraction of sp³-hybridized carbons (Fsp3) is 0.583. The van der Waals surface area contributed by atoms with Gasteiger partial charge < -0.3 is 19.0 Å². The van der Waals surface area contributed by atoms with E-state index in [0.717, 1.165) is 24.0 Å². The molecule has 1 N–H and O–H groups in total. The number of piperidine rings is 1. The van der Waals surface area contributed by atoms with Crippen molar-refractivity contribution in [3.05, 3.63) is 39.2 Å². The molecular formula is C24H33NO6. The second-order valence-corrected chi connectivity index (χ2v) is 8.84. The molecule has 0 saturated carbocycles. The van der Waals surface area contributed by atoms with E-state index in [1.165, 1.54) is 12.5 Å². The number of phenolic OH excluding ortho intramolecular Hbond substituents is 1. The Bertz CT molecular complexity index is 972. The Hall–Kier alpha value is -2.38. The summed E-state index contributed by atoms with van der Waals surface area (Å²) in [6.07, 6.45) is 1.67. The number of likely N-dealkylation sites (tertiary alicyclic amines) is 1. The van der Waals surface area contributed by atoms with E-state index in [0.29, 0.717) is 48.1 Å². The number of hydrogen-bond donors (Lipinski definition) is 1. The van der Waals surface area contributed by atoms with Crippen LogP contribution in [-0.4, -0.2) is 49.4 Å². The molecule has 1 aliphatic rings. The third-order valence-corrected chi connectivity index (χ3v) is 5.86. The Labute approximate surface area is 182 Å². The van der Waals surface area contributed by atoms with Gasteiger partial charge in [0.2, 0.25) is 0 Å². The van der Waals surface area contributed by atoms with Gasteiger partial charge in [-0.25, -0.2) is 4.79 Å². The van der Waals surface area contributed by atoms with Crippen molar-refractivity contribution < 1.29 is 23.8 Å². The molecule has 0 bridgehead atoms. The van der Waals surface area contributed by atoms with Crippen LogP contribution in [0.1, 0.15) is 43.4 Å². The van der Waals surface area contributed by atoms with Crippen LogP contribution in [-0.2, 0) is 27.2 Å². The summed E-state index contributed by atoms with van der Waals surface area (Å²) in [5.74, 6) is 0.886. The van der Waals surface area contributed by atoms with Crippen molar-refractivity contribution in [1.29, 1.82) is 0 Å². The minimum Gasteiger partial charge on any atom is -0.507 e. The maximum absolute atomic E-state index is 12.1. The average Bonchev–Trinajstić information content (AvgIpc) is 2.69. The van der Waals surface area contributed by atoms with E-state index in [9.17, 15) is 14.7 Å². The maximum atomic E-state index is 12.1. The lowest BCUT2D eigenvalue weighted by atomic mass is 9.91. The second kappa shape index (κ2) is 10.3. The molecule has 1 aliphatic heterocycles. The Morgan fingerprint density at radius 3 is 2.61 bits per heavy atom. The number of rotatable bonds is 8. The van der Waals surface area contributed by atoms with Gasteiger partial charge in [-0.1, -0.05) is 13.8 Å². The number of phenols is 1. The van der Waals surface area contributed by atoms with Crippen LogP contribution in [0.3, 0.4) is 0 Å². The van der Waals surface area contributed by atoms with Gasteiger partial charge in [-0.15, -0.1) is 0 Å². The average molecular weight is 432 g/mol. The smallest absolute Gasteiger partial charge is 0.336 e. The van der Waals surface area contributed by atoms with Crippen LogP contribution >= 0.6 is 0 Å². The number of ether oxygens (including phenoxy) is 2. The zero-order chi connectivity index (χ0) is 22.5. The minimum atomic E-state index is -0.430. The van der Waals surface area contributed by atoms with Gasteiger partial charge in [-0.3, -0.25) is 9.69 Å². The molecule has 1 fully saturated rings. The number of aryl methyl sites for hydroxylation is 2. The van der Waals surface area contributed by atoms with Crippen molar-refractivity contribution in [1.82, 2.24) is 4.90 Å². The first-order valence-corrected chi connectivity index (χ1v) is 10.9. The van der Waals surface area contributed by atoms with E-state index >= 15 is 0 Å². The van der Waals surface area contributed by atoms with Gasteiger partial charge in [0, 0.05) is 44.6 Å². The number of nitrogens with zero attached hydrogens (tertiary/aromatic N) is 1. The molecule has 2 unspecified atom stereocenters. The third-order valence-electron chi connectivity index (χ3n) is 5.86. The van der Waals surface area contributed by atoms with E-state index in [-0.39, 0.29) is 24.7 Å². The molecule has 7 heteroatoms. The Balaban J connectivity index is 1.92. The Morgan fingerprint density at radius 2 is 1.94 bits per heavy atom. The number of aromatic hydroxyl groups is 1. The summed E-state index contributed by atoms with van der Waals surface area (Å²) in [4.78, 5) is 26.4. The van der Waals surface area contributed by atoms with Crippen LogP contribution < -0.4 is 5.63 Å². The van der Waals surface area contributed by atoms with E-state index in [2.05, 4.69) is 18.7 Å². The lowest BCUT2D eigenvalue weighted by molar-refractivity contribution is -0.144. The third kappa shape index (κ3) is 5.86. The summed E-state index contributed by atoms with van der Waals surface area (Å²) in [5.41, 5.74) is 2.06. The summed E-state index contributed by atoms with van der Waals surface area (Å²) in [6.45, 7) is 9.23. The summed E-state index contributed by atoms with van der Waals surface area (Å²) in [6, 6.07) is 3.27. The molecule has 1 aromatic carbocycles. The van der Waals surface area contributed by atoms with Gasteiger partial charge >= 0.3 is 11.6 Å². The minimum absolute atomic E-state index is 0.0943. The van der Waals surface area contributed by atoms with Crippen molar-refractivity contribution in [2.24, 2.45) is 11.8 Å². The van der Waals surface area contributed by atoms with E-state index < -0.39 is 5.63 Å². The first-order chi connectivity index (χ1) is 14.8. The summed E-state index contributed by atoms with van der Waals surface area (Å²) >= 11 is 0. The van der Waals surface area contributed by atoms with E-state index in [1.54, 1.807) is 7.11 Å². The number of benzene rings is 1. The first-order valence-electron chi connectivity index (χ1n) is 10.9. The summed E-state index contributed by atoms with van der Waals surface area (Å²) in [7, 11) is 1.55. The zero-order valence-corrected chi connectivity index (χ0v) is 18.9. The normalized spacial score (nSPS) is 19.6. The number of methoxy groups -OCH3 is 1. The maximum Gasteiger partial charge on any atom is 0.336 e. The molecule has 0 amide bonds. The van der Waals surface area contributed by atoms with Gasteiger partial charge in [-0.05, 0) is 48.8 Å².